The Bertz CT molecular complexity index is 535. The minimum Gasteiger partial charge on any atom is -0.313 e. The fourth-order valence-corrected chi connectivity index (χ4v) is 3.60. The van der Waals surface area contributed by atoms with Gasteiger partial charge in [0.15, 0.2) is 5.03 Å². The summed E-state index contributed by atoms with van der Waals surface area (Å²) in [6.45, 7) is 5.63. The first-order chi connectivity index (χ1) is 9.54. The Labute approximate surface area is 120 Å². The predicted octanol–water partition coefficient (Wildman–Crippen LogP) is 1.30. The molecule has 0 amide bonds. The fourth-order valence-electron chi connectivity index (χ4n) is 2.36. The van der Waals surface area contributed by atoms with Gasteiger partial charge in [-0.05, 0) is 25.8 Å². The number of nitrogens with one attached hydrogen (secondary N) is 3. The molecule has 1 aliphatic rings. The van der Waals surface area contributed by atoms with Crippen LogP contribution in [0.25, 0.3) is 0 Å². The number of hydrogen-bond acceptors (Lipinski definition) is 4. The maximum atomic E-state index is 12.3. The van der Waals surface area contributed by atoms with Crippen molar-refractivity contribution in [3.8, 4) is 0 Å². The van der Waals surface area contributed by atoms with Crippen LogP contribution < -0.4 is 10.0 Å². The minimum absolute atomic E-state index is 0.129. The molecule has 0 radical (unpaired) electrons. The lowest BCUT2D eigenvalue weighted by Gasteiger charge is -2.25. The van der Waals surface area contributed by atoms with E-state index in [1.165, 1.54) is 19.3 Å². The second-order valence-electron chi connectivity index (χ2n) is 5.40. The molecule has 3 N–H and O–H groups in total. The Balaban J connectivity index is 2.00. The molecule has 1 saturated carbocycles. The van der Waals surface area contributed by atoms with Gasteiger partial charge in [0.25, 0.3) is 10.0 Å². The van der Waals surface area contributed by atoms with Gasteiger partial charge in [-0.1, -0.05) is 26.2 Å². The van der Waals surface area contributed by atoms with Crippen molar-refractivity contribution in [2.24, 2.45) is 5.92 Å². The first-order valence-corrected chi connectivity index (χ1v) is 8.77. The first kappa shape index (κ1) is 15.5. The Kier molecular flexibility index (Phi) is 5.17. The van der Waals surface area contributed by atoms with Crippen molar-refractivity contribution in [2.45, 2.75) is 51.1 Å². The molecule has 0 atom stereocenters. The third-order valence-electron chi connectivity index (χ3n) is 3.91. The van der Waals surface area contributed by atoms with Gasteiger partial charge in [0.2, 0.25) is 0 Å². The zero-order chi connectivity index (χ0) is 14.6. The van der Waals surface area contributed by atoms with Gasteiger partial charge in [0, 0.05) is 24.3 Å². The van der Waals surface area contributed by atoms with Crippen LogP contribution in [0.3, 0.4) is 0 Å². The smallest absolute Gasteiger partial charge is 0.260 e. The summed E-state index contributed by atoms with van der Waals surface area (Å²) >= 11 is 0. The Morgan fingerprint density at radius 1 is 1.40 bits per heavy atom. The van der Waals surface area contributed by atoms with Crippen molar-refractivity contribution in [1.82, 2.24) is 20.2 Å². The Morgan fingerprint density at radius 3 is 2.75 bits per heavy atom. The molecule has 0 unspecified atom stereocenters. The molecule has 0 saturated heterocycles. The molecule has 6 nitrogen and oxygen atoms in total. The largest absolute Gasteiger partial charge is 0.313 e. The minimum atomic E-state index is -3.51. The molecule has 1 aliphatic carbocycles. The summed E-state index contributed by atoms with van der Waals surface area (Å²) in [4.78, 5) is 0. The number of aromatic amines is 1. The van der Waals surface area contributed by atoms with Gasteiger partial charge in [0.05, 0.1) is 0 Å². The molecule has 0 bridgehead atoms. The lowest BCUT2D eigenvalue weighted by Crippen LogP contribution is -2.29. The molecule has 7 heteroatoms. The van der Waals surface area contributed by atoms with Gasteiger partial charge in [-0.25, -0.2) is 13.1 Å². The van der Waals surface area contributed by atoms with Gasteiger partial charge >= 0.3 is 0 Å². The van der Waals surface area contributed by atoms with Crippen molar-refractivity contribution in [1.29, 1.82) is 0 Å². The van der Waals surface area contributed by atoms with E-state index in [0.717, 1.165) is 24.2 Å². The zero-order valence-electron chi connectivity index (χ0n) is 12.2. The summed E-state index contributed by atoms with van der Waals surface area (Å²) in [7, 11) is -3.51. The van der Waals surface area contributed by atoms with Gasteiger partial charge in [-0.15, -0.1) is 0 Å². The molecule has 0 aromatic carbocycles. The second-order valence-corrected chi connectivity index (χ2v) is 7.08. The highest BCUT2D eigenvalue weighted by molar-refractivity contribution is 7.89. The number of aromatic nitrogens is 2. The number of rotatable bonds is 8. The van der Waals surface area contributed by atoms with Crippen LogP contribution in [-0.4, -0.2) is 31.7 Å². The summed E-state index contributed by atoms with van der Waals surface area (Å²) in [6.07, 6.45) is 4.66. The molecule has 1 aromatic rings. The summed E-state index contributed by atoms with van der Waals surface area (Å²) in [5, 5.41) is 9.99. The molecule has 1 fully saturated rings. The average Bonchev–Trinajstić information content (AvgIpc) is 2.72. The quantitative estimate of drug-likeness (QED) is 0.675. The van der Waals surface area contributed by atoms with E-state index in [1.807, 2.05) is 13.8 Å². The van der Waals surface area contributed by atoms with Crippen LogP contribution in [0.5, 0.6) is 0 Å². The molecule has 20 heavy (non-hydrogen) atoms. The normalized spacial score (nSPS) is 16.3. The van der Waals surface area contributed by atoms with E-state index in [0.29, 0.717) is 19.0 Å². The fraction of sp³-hybridized carbons (Fsp3) is 0.769. The Hall–Kier alpha value is -0.920. The van der Waals surface area contributed by atoms with Gasteiger partial charge in [0.1, 0.15) is 0 Å². The van der Waals surface area contributed by atoms with Gasteiger partial charge in [-0.2, -0.15) is 5.10 Å². The molecule has 0 spiro atoms. The lowest BCUT2D eigenvalue weighted by molar-refractivity contribution is 0.297. The first-order valence-electron chi connectivity index (χ1n) is 7.28. The highest BCUT2D eigenvalue weighted by Gasteiger charge is 2.24. The summed E-state index contributed by atoms with van der Waals surface area (Å²) < 4.78 is 27.3. The monoisotopic (exact) mass is 300 g/mol. The van der Waals surface area contributed by atoms with Gasteiger partial charge < -0.3 is 5.32 Å². The third-order valence-corrected chi connectivity index (χ3v) is 5.34. The van der Waals surface area contributed by atoms with Crippen LogP contribution in [0.4, 0.5) is 0 Å². The van der Waals surface area contributed by atoms with E-state index in [4.69, 9.17) is 0 Å². The molecular weight excluding hydrogens is 276 g/mol. The van der Waals surface area contributed by atoms with Crippen LogP contribution in [0.2, 0.25) is 0 Å². The summed E-state index contributed by atoms with van der Waals surface area (Å²) in [5.74, 6) is 0.694. The molecule has 0 aliphatic heterocycles. The average molecular weight is 300 g/mol. The number of hydrogen-bond donors (Lipinski definition) is 3. The van der Waals surface area contributed by atoms with E-state index >= 15 is 0 Å². The van der Waals surface area contributed by atoms with Crippen molar-refractivity contribution in [3.05, 3.63) is 11.3 Å². The van der Waals surface area contributed by atoms with E-state index < -0.39 is 10.0 Å². The molecule has 1 heterocycles. The van der Waals surface area contributed by atoms with E-state index in [-0.39, 0.29) is 5.03 Å². The summed E-state index contributed by atoms with van der Waals surface area (Å²) in [6, 6.07) is 0. The van der Waals surface area contributed by atoms with Gasteiger partial charge in [-0.3, -0.25) is 5.10 Å². The maximum Gasteiger partial charge on any atom is 0.260 e. The second kappa shape index (κ2) is 6.69. The van der Waals surface area contributed by atoms with Crippen LogP contribution in [-0.2, 0) is 16.6 Å². The molecule has 2 rings (SSSR count). The van der Waals surface area contributed by atoms with E-state index in [1.54, 1.807) is 0 Å². The standard InChI is InChI=1S/C13H24N4O2S/c1-3-14-9-12-10(2)16-17-13(12)20(18,19)15-8-7-11-5-4-6-11/h11,14-15H,3-9H2,1-2H3,(H,16,17). The highest BCUT2D eigenvalue weighted by atomic mass is 32.2. The van der Waals surface area contributed by atoms with Crippen molar-refractivity contribution >= 4 is 10.0 Å². The highest BCUT2D eigenvalue weighted by Crippen LogP contribution is 2.28. The number of aryl methyl sites for hydroxylation is 1. The molecule has 1 aromatic heterocycles. The predicted molar refractivity (Wildman–Crippen MR) is 77.9 cm³/mol. The maximum absolute atomic E-state index is 12.3. The number of sulfonamides is 1. The van der Waals surface area contributed by atoms with Crippen LogP contribution >= 0.6 is 0 Å². The van der Waals surface area contributed by atoms with Crippen molar-refractivity contribution in [3.63, 3.8) is 0 Å². The molecular formula is C13H24N4O2S. The summed E-state index contributed by atoms with van der Waals surface area (Å²) in [5.41, 5.74) is 1.52. The van der Waals surface area contributed by atoms with Crippen molar-refractivity contribution in [2.75, 3.05) is 13.1 Å². The van der Waals surface area contributed by atoms with Crippen molar-refractivity contribution < 1.29 is 8.42 Å². The van der Waals surface area contributed by atoms with Crippen LogP contribution in [0.15, 0.2) is 5.03 Å². The lowest BCUT2D eigenvalue weighted by atomic mass is 9.83. The third kappa shape index (κ3) is 3.59. The SMILES string of the molecule is CCNCc1c(S(=O)(=O)NCCC2CCC2)n[nH]c1C. The van der Waals surface area contributed by atoms with Crippen LogP contribution in [0.1, 0.15) is 43.9 Å². The topological polar surface area (TPSA) is 86.9 Å². The number of nitrogens with zero attached hydrogens (tertiary/aromatic N) is 1. The van der Waals surface area contributed by atoms with E-state index in [9.17, 15) is 8.42 Å². The zero-order valence-corrected chi connectivity index (χ0v) is 13.0. The van der Waals surface area contributed by atoms with E-state index in [2.05, 4.69) is 20.2 Å². The Morgan fingerprint density at radius 2 is 2.15 bits per heavy atom. The molecule has 114 valence electrons. The van der Waals surface area contributed by atoms with Crippen LogP contribution in [0, 0.1) is 12.8 Å². The number of H-pyrrole nitrogens is 1.